The number of carbonyl (C=O) groups is 2. The molecule has 31 heavy (non-hydrogen) atoms. The predicted octanol–water partition coefficient (Wildman–Crippen LogP) is 6.03. The SMILES string of the molecule is CC1CCCCC1NC(=O)C(c1ccc(Cl)cc1)N(CCC1=CCCCC1)C(=O)CCl. The number of hydrogen-bond acceptors (Lipinski definition) is 2. The summed E-state index contributed by atoms with van der Waals surface area (Å²) in [5, 5.41) is 3.86. The van der Waals surface area contributed by atoms with E-state index in [-0.39, 0.29) is 23.7 Å². The molecule has 0 saturated heterocycles. The van der Waals surface area contributed by atoms with Gasteiger partial charge in [-0.05, 0) is 68.6 Å². The first-order valence-corrected chi connectivity index (χ1v) is 12.5. The van der Waals surface area contributed by atoms with Crippen molar-refractivity contribution in [2.24, 2.45) is 5.92 Å². The van der Waals surface area contributed by atoms with Gasteiger partial charge in [0.25, 0.3) is 0 Å². The Balaban J connectivity index is 1.85. The van der Waals surface area contributed by atoms with Gasteiger partial charge in [-0.15, -0.1) is 11.6 Å². The predicted molar refractivity (Wildman–Crippen MR) is 127 cm³/mol. The van der Waals surface area contributed by atoms with Crippen LogP contribution in [0.3, 0.4) is 0 Å². The topological polar surface area (TPSA) is 49.4 Å². The molecule has 4 nitrogen and oxygen atoms in total. The second-order valence-corrected chi connectivity index (χ2v) is 9.61. The smallest absolute Gasteiger partial charge is 0.247 e. The minimum absolute atomic E-state index is 0.128. The van der Waals surface area contributed by atoms with Gasteiger partial charge in [0.05, 0.1) is 0 Å². The summed E-state index contributed by atoms with van der Waals surface area (Å²) in [6, 6.07) is 6.66. The summed E-state index contributed by atoms with van der Waals surface area (Å²) in [6.07, 6.45) is 12.1. The molecule has 6 heteroatoms. The Labute approximate surface area is 196 Å². The minimum Gasteiger partial charge on any atom is -0.351 e. The van der Waals surface area contributed by atoms with Crippen LogP contribution in [-0.2, 0) is 9.59 Å². The van der Waals surface area contributed by atoms with E-state index >= 15 is 0 Å². The van der Waals surface area contributed by atoms with Gasteiger partial charge in [-0.25, -0.2) is 0 Å². The highest BCUT2D eigenvalue weighted by atomic mass is 35.5. The highest BCUT2D eigenvalue weighted by Crippen LogP contribution is 2.29. The van der Waals surface area contributed by atoms with E-state index in [1.54, 1.807) is 17.0 Å². The number of alkyl halides is 1. The van der Waals surface area contributed by atoms with Crippen LogP contribution in [0.15, 0.2) is 35.9 Å². The van der Waals surface area contributed by atoms with E-state index in [9.17, 15) is 9.59 Å². The summed E-state index contributed by atoms with van der Waals surface area (Å²) >= 11 is 12.1. The van der Waals surface area contributed by atoms with Gasteiger partial charge in [0.2, 0.25) is 11.8 Å². The fraction of sp³-hybridized carbons (Fsp3) is 0.600. The Morgan fingerprint density at radius 1 is 1.13 bits per heavy atom. The van der Waals surface area contributed by atoms with Crippen molar-refractivity contribution in [2.75, 3.05) is 12.4 Å². The van der Waals surface area contributed by atoms with Gasteiger partial charge in [0.15, 0.2) is 0 Å². The van der Waals surface area contributed by atoms with Crippen molar-refractivity contribution >= 4 is 35.0 Å². The van der Waals surface area contributed by atoms with Gasteiger partial charge < -0.3 is 10.2 Å². The Hall–Kier alpha value is -1.52. The zero-order chi connectivity index (χ0) is 22.2. The maximum Gasteiger partial charge on any atom is 0.247 e. The number of benzene rings is 1. The van der Waals surface area contributed by atoms with Gasteiger partial charge in [-0.3, -0.25) is 9.59 Å². The van der Waals surface area contributed by atoms with Crippen molar-refractivity contribution in [1.82, 2.24) is 10.2 Å². The first kappa shape index (κ1) is 24.1. The van der Waals surface area contributed by atoms with E-state index in [0.717, 1.165) is 44.1 Å². The van der Waals surface area contributed by atoms with Crippen LogP contribution in [-0.4, -0.2) is 35.2 Å². The van der Waals surface area contributed by atoms with Crippen LogP contribution in [0.5, 0.6) is 0 Å². The zero-order valence-corrected chi connectivity index (χ0v) is 19.9. The molecule has 3 atom stereocenters. The third kappa shape index (κ3) is 6.73. The molecule has 170 valence electrons. The molecule has 0 spiro atoms. The van der Waals surface area contributed by atoms with Crippen LogP contribution < -0.4 is 5.32 Å². The Morgan fingerprint density at radius 2 is 1.87 bits per heavy atom. The molecule has 2 aliphatic carbocycles. The summed E-state index contributed by atoms with van der Waals surface area (Å²) in [5.41, 5.74) is 2.14. The van der Waals surface area contributed by atoms with E-state index in [1.807, 2.05) is 12.1 Å². The number of amides is 2. The number of nitrogens with zero attached hydrogens (tertiary/aromatic N) is 1. The second kappa shape index (κ2) is 11.9. The van der Waals surface area contributed by atoms with Crippen molar-refractivity contribution < 1.29 is 9.59 Å². The lowest BCUT2D eigenvalue weighted by atomic mass is 9.85. The van der Waals surface area contributed by atoms with Gasteiger partial charge in [-0.1, -0.05) is 55.1 Å². The molecule has 0 bridgehead atoms. The molecule has 1 saturated carbocycles. The maximum absolute atomic E-state index is 13.6. The molecule has 3 unspecified atom stereocenters. The lowest BCUT2D eigenvalue weighted by Gasteiger charge is -2.35. The largest absolute Gasteiger partial charge is 0.351 e. The van der Waals surface area contributed by atoms with Crippen molar-refractivity contribution in [1.29, 1.82) is 0 Å². The molecule has 0 radical (unpaired) electrons. The van der Waals surface area contributed by atoms with E-state index in [1.165, 1.54) is 24.8 Å². The van der Waals surface area contributed by atoms with Crippen LogP contribution in [0.4, 0.5) is 0 Å². The number of carbonyl (C=O) groups excluding carboxylic acids is 2. The third-order valence-electron chi connectivity index (χ3n) is 6.68. The minimum atomic E-state index is -0.707. The van der Waals surface area contributed by atoms with Crippen LogP contribution in [0.2, 0.25) is 5.02 Å². The quantitative estimate of drug-likeness (QED) is 0.376. The molecular weight excluding hydrogens is 431 g/mol. The average molecular weight is 465 g/mol. The average Bonchev–Trinajstić information content (AvgIpc) is 2.79. The molecule has 1 N–H and O–H groups in total. The summed E-state index contributed by atoms with van der Waals surface area (Å²) < 4.78 is 0. The molecular formula is C25H34Cl2N2O2. The molecule has 0 heterocycles. The fourth-order valence-electron chi connectivity index (χ4n) is 4.78. The van der Waals surface area contributed by atoms with Crippen molar-refractivity contribution in [3.8, 4) is 0 Å². The maximum atomic E-state index is 13.6. The molecule has 0 aromatic heterocycles. The standard InChI is InChI=1S/C25H34Cl2N2O2/c1-18-7-5-6-10-22(18)28-25(31)24(20-11-13-21(27)14-12-20)29(23(30)17-26)16-15-19-8-3-2-4-9-19/h8,11-14,18,22,24H,2-7,9-10,15-17H2,1H3,(H,28,31). The van der Waals surface area contributed by atoms with Crippen molar-refractivity contribution in [3.05, 3.63) is 46.5 Å². The summed E-state index contributed by atoms with van der Waals surface area (Å²) in [4.78, 5) is 28.1. The van der Waals surface area contributed by atoms with E-state index in [4.69, 9.17) is 23.2 Å². The molecule has 1 aromatic carbocycles. The first-order chi connectivity index (χ1) is 15.0. The van der Waals surface area contributed by atoms with E-state index in [2.05, 4.69) is 18.3 Å². The molecule has 1 fully saturated rings. The molecule has 2 amide bonds. The number of halogens is 2. The Bertz CT molecular complexity index is 778. The van der Waals surface area contributed by atoms with E-state index < -0.39 is 6.04 Å². The summed E-state index contributed by atoms with van der Waals surface area (Å²) in [6.45, 7) is 2.68. The Kier molecular flexibility index (Phi) is 9.28. The molecule has 2 aliphatic rings. The van der Waals surface area contributed by atoms with Crippen LogP contribution in [0.25, 0.3) is 0 Å². The van der Waals surface area contributed by atoms with Gasteiger partial charge in [0.1, 0.15) is 11.9 Å². The second-order valence-electron chi connectivity index (χ2n) is 8.91. The summed E-state index contributed by atoms with van der Waals surface area (Å²) in [5.74, 6) is -0.0499. The Morgan fingerprint density at radius 3 is 2.52 bits per heavy atom. The normalized spacial score (nSPS) is 22.4. The van der Waals surface area contributed by atoms with E-state index in [0.29, 0.717) is 17.5 Å². The molecule has 1 aromatic rings. The van der Waals surface area contributed by atoms with Crippen molar-refractivity contribution in [2.45, 2.75) is 76.8 Å². The number of hydrogen-bond donors (Lipinski definition) is 1. The zero-order valence-electron chi connectivity index (χ0n) is 18.4. The monoisotopic (exact) mass is 464 g/mol. The third-order valence-corrected chi connectivity index (χ3v) is 7.16. The van der Waals surface area contributed by atoms with Gasteiger partial charge in [0, 0.05) is 17.6 Å². The molecule has 0 aliphatic heterocycles. The number of allylic oxidation sites excluding steroid dienone is 1. The highest BCUT2D eigenvalue weighted by molar-refractivity contribution is 6.30. The van der Waals surface area contributed by atoms with Gasteiger partial charge >= 0.3 is 0 Å². The first-order valence-electron chi connectivity index (χ1n) is 11.6. The highest BCUT2D eigenvalue weighted by Gasteiger charge is 2.33. The summed E-state index contributed by atoms with van der Waals surface area (Å²) in [7, 11) is 0. The van der Waals surface area contributed by atoms with Gasteiger partial charge in [-0.2, -0.15) is 0 Å². The van der Waals surface area contributed by atoms with Crippen LogP contribution >= 0.6 is 23.2 Å². The fourth-order valence-corrected chi connectivity index (χ4v) is 5.06. The lowest BCUT2D eigenvalue weighted by Crippen LogP contribution is -2.49. The molecule has 3 rings (SSSR count). The number of nitrogens with one attached hydrogen (secondary N) is 1. The number of rotatable bonds is 8. The van der Waals surface area contributed by atoms with Crippen molar-refractivity contribution in [3.63, 3.8) is 0 Å². The lowest BCUT2D eigenvalue weighted by molar-refractivity contribution is -0.139. The van der Waals surface area contributed by atoms with Crippen LogP contribution in [0, 0.1) is 5.92 Å². The van der Waals surface area contributed by atoms with Crippen LogP contribution in [0.1, 0.15) is 76.3 Å².